The molecule has 0 saturated heterocycles. The molecular formula is C100H82N9S3+3. The maximum Gasteiger partial charge on any atom is 0.295 e. The van der Waals surface area contributed by atoms with Crippen LogP contribution in [0.1, 0.15) is 43.0 Å². The number of aromatic nitrogens is 9. The normalized spacial score (nSPS) is 11.6. The summed E-state index contributed by atoms with van der Waals surface area (Å²) in [5.74, 6) is 3.45. The monoisotopic (exact) mass is 1500 g/mol. The van der Waals surface area contributed by atoms with Crippen molar-refractivity contribution in [1.82, 2.24) is 28.7 Å². The SMILES string of the molecule is Cc1cc2sc(-c3ccccc3)nc2cc1-c1n(-c2ccc(-c3ccccc3)cc2)c2ccccc2[n+]1C.Cc1cc2sc(-c3ccccc3)nc2cc1-c1n(-c2ccc(C(C)(C)C)cc2)c2ccccc2[n+]1C.Cc1cc2sc(-c3ccccc3)nc2cc1-c1n(-c2ccccc2-c2ccccc2)c2ccccc2[n+]1C. The molecule has 6 heterocycles. The number of aryl methyl sites for hydroxylation is 6. The van der Waals surface area contributed by atoms with Gasteiger partial charge in [-0.1, -0.05) is 251 Å². The Hall–Kier alpha value is -12.8. The molecule has 0 spiro atoms. The van der Waals surface area contributed by atoms with Crippen LogP contribution in [0.5, 0.6) is 0 Å². The van der Waals surface area contributed by atoms with Crippen LogP contribution < -0.4 is 13.7 Å². The quantitative estimate of drug-likeness (QED) is 0.121. The Morgan fingerprint density at radius 3 is 0.946 bits per heavy atom. The molecule has 0 saturated carbocycles. The zero-order valence-corrected chi connectivity index (χ0v) is 66.5. The number of imidazole rings is 3. The van der Waals surface area contributed by atoms with E-state index in [0.717, 1.165) is 82.8 Å². The highest BCUT2D eigenvalue weighted by Gasteiger charge is 2.33. The van der Waals surface area contributed by atoms with Gasteiger partial charge in [0.2, 0.25) is 0 Å². The average molecular weight is 1510 g/mol. The fraction of sp³-hybridized carbons (Fsp3) is 0.100. The molecule has 542 valence electrons. The first kappa shape index (κ1) is 70.8. The Morgan fingerprint density at radius 2 is 0.571 bits per heavy atom. The summed E-state index contributed by atoms with van der Waals surface area (Å²) in [6.07, 6.45) is 0. The van der Waals surface area contributed by atoms with Crippen molar-refractivity contribution in [1.29, 1.82) is 0 Å². The molecule has 112 heavy (non-hydrogen) atoms. The summed E-state index contributed by atoms with van der Waals surface area (Å²) < 4.78 is 17.7. The van der Waals surface area contributed by atoms with Crippen LogP contribution in [0.25, 0.3) is 169 Å². The molecule has 0 atom stereocenters. The minimum atomic E-state index is 0.119. The van der Waals surface area contributed by atoms with Crippen molar-refractivity contribution in [2.45, 2.75) is 47.0 Å². The largest absolute Gasteiger partial charge is 0.295 e. The van der Waals surface area contributed by atoms with Gasteiger partial charge in [-0.05, 0) is 168 Å². The molecule has 0 fully saturated rings. The summed E-state index contributed by atoms with van der Waals surface area (Å²) in [6.45, 7) is 13.4. The third-order valence-electron chi connectivity index (χ3n) is 21.5. The second-order valence-corrected chi connectivity index (χ2v) is 32.9. The van der Waals surface area contributed by atoms with Gasteiger partial charge in [-0.15, -0.1) is 34.0 Å². The minimum Gasteiger partial charge on any atom is -0.236 e. The van der Waals surface area contributed by atoms with E-state index in [1.165, 1.54) is 108 Å². The van der Waals surface area contributed by atoms with E-state index in [0.29, 0.717) is 0 Å². The van der Waals surface area contributed by atoms with Crippen LogP contribution >= 0.6 is 34.0 Å². The van der Waals surface area contributed by atoms with E-state index in [4.69, 9.17) is 15.0 Å². The Morgan fingerprint density at radius 1 is 0.277 bits per heavy atom. The first-order valence-electron chi connectivity index (χ1n) is 38.0. The van der Waals surface area contributed by atoms with Gasteiger partial charge >= 0.3 is 0 Å². The number of hydrogen-bond donors (Lipinski definition) is 0. The predicted molar refractivity (Wildman–Crippen MR) is 469 cm³/mol. The van der Waals surface area contributed by atoms with Gasteiger partial charge in [0.05, 0.1) is 68.5 Å². The van der Waals surface area contributed by atoms with Crippen molar-refractivity contribution >= 4 is 97.8 Å². The third kappa shape index (κ3) is 13.2. The Labute approximate surface area is 664 Å². The Bertz CT molecular complexity index is 6880. The molecule has 0 aliphatic heterocycles. The predicted octanol–water partition coefficient (Wildman–Crippen LogP) is 24.8. The smallest absolute Gasteiger partial charge is 0.236 e. The lowest BCUT2D eigenvalue weighted by Crippen LogP contribution is -2.30. The van der Waals surface area contributed by atoms with Crippen LogP contribution in [0.15, 0.2) is 334 Å². The van der Waals surface area contributed by atoms with Crippen LogP contribution in [0, 0.1) is 20.8 Å². The molecule has 14 aromatic carbocycles. The van der Waals surface area contributed by atoms with Gasteiger partial charge in [0.1, 0.15) is 32.1 Å². The van der Waals surface area contributed by atoms with Crippen LogP contribution in [0.2, 0.25) is 0 Å². The summed E-state index contributed by atoms with van der Waals surface area (Å²) in [5.41, 5.74) is 30.8. The summed E-state index contributed by atoms with van der Waals surface area (Å²) in [6, 6.07) is 119. The summed E-state index contributed by atoms with van der Waals surface area (Å²) in [4.78, 5) is 15.1. The maximum absolute atomic E-state index is 5.06. The number of benzene rings is 14. The first-order chi connectivity index (χ1) is 54.7. The fourth-order valence-corrected chi connectivity index (χ4v) is 18.9. The van der Waals surface area contributed by atoms with E-state index in [1.54, 1.807) is 34.0 Å². The fourth-order valence-electron chi connectivity index (χ4n) is 15.8. The number of hydrogen-bond acceptors (Lipinski definition) is 6. The van der Waals surface area contributed by atoms with Gasteiger partial charge in [-0.3, -0.25) is 0 Å². The van der Waals surface area contributed by atoms with Crippen molar-refractivity contribution < 1.29 is 13.7 Å². The van der Waals surface area contributed by atoms with Crippen LogP contribution in [-0.4, -0.2) is 28.7 Å². The molecule has 0 radical (unpaired) electrons. The van der Waals surface area contributed by atoms with Crippen LogP contribution in [-0.2, 0) is 26.6 Å². The third-order valence-corrected chi connectivity index (χ3v) is 24.7. The molecule has 0 amide bonds. The first-order valence-corrected chi connectivity index (χ1v) is 40.4. The number of thiazole rings is 3. The van der Waals surface area contributed by atoms with Gasteiger partial charge in [0.25, 0.3) is 17.5 Å². The van der Waals surface area contributed by atoms with Crippen molar-refractivity contribution in [2.75, 3.05) is 0 Å². The lowest BCUT2D eigenvalue weighted by molar-refractivity contribution is -0.634. The molecule has 0 unspecified atom stereocenters. The molecule has 0 bridgehead atoms. The molecule has 0 N–H and O–H groups in total. The molecular weight excluding hydrogens is 1420 g/mol. The van der Waals surface area contributed by atoms with E-state index >= 15 is 0 Å². The van der Waals surface area contributed by atoms with Crippen LogP contribution in [0.4, 0.5) is 0 Å². The number of para-hydroxylation sites is 7. The van der Waals surface area contributed by atoms with Crippen molar-refractivity contribution in [3.05, 3.63) is 356 Å². The maximum atomic E-state index is 5.06. The molecule has 0 aliphatic rings. The van der Waals surface area contributed by atoms with Gasteiger partial charge in [-0.2, -0.15) is 13.7 Å². The highest BCUT2D eigenvalue weighted by atomic mass is 32.1. The topological polar surface area (TPSA) is 65.1 Å². The van der Waals surface area contributed by atoms with Gasteiger partial charge in [0.15, 0.2) is 33.1 Å². The number of nitrogens with zero attached hydrogens (tertiary/aromatic N) is 9. The molecule has 20 aromatic rings. The summed E-state index contributed by atoms with van der Waals surface area (Å²) >= 11 is 5.26. The molecule has 9 nitrogen and oxygen atoms in total. The molecule has 6 aromatic heterocycles. The van der Waals surface area contributed by atoms with E-state index in [9.17, 15) is 0 Å². The van der Waals surface area contributed by atoms with Gasteiger partial charge in [-0.25, -0.2) is 28.7 Å². The lowest BCUT2D eigenvalue weighted by Gasteiger charge is -2.18. The molecule has 0 aliphatic carbocycles. The average Bonchev–Trinajstić information content (AvgIpc) is 1.59. The summed E-state index contributed by atoms with van der Waals surface area (Å²) in [5, 5.41) is 3.17. The second kappa shape index (κ2) is 29.5. The van der Waals surface area contributed by atoms with E-state index in [2.05, 4.69) is 406 Å². The van der Waals surface area contributed by atoms with E-state index < -0.39 is 0 Å². The zero-order valence-electron chi connectivity index (χ0n) is 64.0. The molecule has 20 rings (SSSR count). The minimum absolute atomic E-state index is 0.119. The zero-order chi connectivity index (χ0) is 76.3. The van der Waals surface area contributed by atoms with Crippen molar-refractivity contribution in [2.24, 2.45) is 21.1 Å². The van der Waals surface area contributed by atoms with Crippen molar-refractivity contribution in [3.8, 4) is 105 Å². The number of fused-ring (bicyclic) bond motifs is 6. The second-order valence-electron chi connectivity index (χ2n) is 29.8. The highest BCUT2D eigenvalue weighted by Crippen LogP contribution is 2.42. The van der Waals surface area contributed by atoms with E-state index in [-0.39, 0.29) is 5.41 Å². The van der Waals surface area contributed by atoms with Crippen molar-refractivity contribution in [3.63, 3.8) is 0 Å². The highest BCUT2D eigenvalue weighted by molar-refractivity contribution is 7.22. The Kier molecular flexibility index (Phi) is 18.7. The standard InChI is InChI=1S/2C34H26N3S.C32H30N3S/c1-23-21-32-28(35-33(38-32)25-15-7-4-8-16-25)22-27(23)34-36(2)30-19-11-12-20-31(30)37(34)29-18-10-9-17-26(29)24-13-5-3-6-14-24;1-23-21-32-29(35-33(38-32)26-13-7-4-8-14-26)22-28(23)34-36(2)30-15-9-10-16-31(30)37(34)27-19-17-25(18-20-27)24-11-5-3-6-12-24;1-21-19-29-26(33-30(36-29)22-11-7-6-8-12-22)20-25(21)31-34(5)27-13-9-10-14-28(27)35(31)24-17-15-23(16-18-24)32(2,3)4/h2*3-22H,1-2H3;6-20H,1-5H3/q3*+1. The van der Waals surface area contributed by atoms with Gasteiger partial charge in [0, 0.05) is 22.3 Å². The molecule has 12 heteroatoms. The summed E-state index contributed by atoms with van der Waals surface area (Å²) in [7, 11) is 6.49. The van der Waals surface area contributed by atoms with Gasteiger partial charge < -0.3 is 0 Å². The van der Waals surface area contributed by atoms with Crippen LogP contribution in [0.3, 0.4) is 0 Å². The lowest BCUT2D eigenvalue weighted by atomic mass is 9.87. The number of rotatable bonds is 11. The van der Waals surface area contributed by atoms with E-state index in [1.807, 2.05) is 18.2 Å². The Balaban J connectivity index is 0.000000117.